The van der Waals surface area contributed by atoms with Crippen molar-refractivity contribution >= 4 is 17.3 Å². The number of morpholine rings is 1. The molecule has 114 valence electrons. The predicted molar refractivity (Wildman–Crippen MR) is 83.4 cm³/mol. The minimum absolute atomic E-state index is 0.0535. The van der Waals surface area contributed by atoms with Gasteiger partial charge in [-0.1, -0.05) is 12.1 Å². The molecule has 21 heavy (non-hydrogen) atoms. The van der Waals surface area contributed by atoms with Gasteiger partial charge in [-0.25, -0.2) is 0 Å². The normalized spacial score (nSPS) is 25.9. The van der Waals surface area contributed by atoms with Gasteiger partial charge in [0.1, 0.15) is 0 Å². The zero-order chi connectivity index (χ0) is 14.7. The Labute approximate surface area is 125 Å². The highest BCUT2D eigenvalue weighted by molar-refractivity contribution is 5.96. The molecule has 1 heterocycles. The van der Waals surface area contributed by atoms with Crippen molar-refractivity contribution in [3.8, 4) is 0 Å². The summed E-state index contributed by atoms with van der Waals surface area (Å²) in [6.45, 7) is 3.20. The second kappa shape index (κ2) is 6.45. The van der Waals surface area contributed by atoms with Crippen LogP contribution in [-0.2, 0) is 9.53 Å². The van der Waals surface area contributed by atoms with Gasteiger partial charge in [-0.3, -0.25) is 4.79 Å². The fourth-order valence-electron chi connectivity index (χ4n) is 3.15. The van der Waals surface area contributed by atoms with Crippen LogP contribution in [0.1, 0.15) is 19.3 Å². The summed E-state index contributed by atoms with van der Waals surface area (Å²) in [6, 6.07) is 8.17. The van der Waals surface area contributed by atoms with Crippen LogP contribution in [0, 0.1) is 5.92 Å². The molecule has 1 aliphatic heterocycles. The standard InChI is InChI=1S/C16H23N3O2/c17-13-6-5-12(11-13)16(20)18-14-3-1-2-4-15(14)19-7-9-21-10-8-19/h1-4,12-13H,5-11,17H2,(H,18,20). The lowest BCUT2D eigenvalue weighted by atomic mass is 10.1. The van der Waals surface area contributed by atoms with Crippen molar-refractivity contribution in [2.75, 3.05) is 36.5 Å². The summed E-state index contributed by atoms with van der Waals surface area (Å²) in [5, 5.41) is 3.09. The summed E-state index contributed by atoms with van der Waals surface area (Å²) >= 11 is 0. The van der Waals surface area contributed by atoms with Gasteiger partial charge in [0.15, 0.2) is 0 Å². The third-order valence-corrected chi connectivity index (χ3v) is 4.36. The average molecular weight is 289 g/mol. The number of nitrogens with two attached hydrogens (primary N) is 1. The summed E-state index contributed by atoms with van der Waals surface area (Å²) in [4.78, 5) is 14.6. The van der Waals surface area contributed by atoms with Crippen LogP contribution in [-0.4, -0.2) is 38.3 Å². The van der Waals surface area contributed by atoms with Crippen LogP contribution >= 0.6 is 0 Å². The lowest BCUT2D eigenvalue weighted by Gasteiger charge is -2.30. The molecule has 2 aliphatic rings. The number of rotatable bonds is 3. The van der Waals surface area contributed by atoms with E-state index < -0.39 is 0 Å². The number of ether oxygens (including phenoxy) is 1. The summed E-state index contributed by atoms with van der Waals surface area (Å²) in [6.07, 6.45) is 2.64. The van der Waals surface area contributed by atoms with Crippen LogP contribution in [0.5, 0.6) is 0 Å². The van der Waals surface area contributed by atoms with Gasteiger partial charge >= 0.3 is 0 Å². The number of nitrogens with one attached hydrogen (secondary N) is 1. The second-order valence-electron chi connectivity index (χ2n) is 5.88. The van der Waals surface area contributed by atoms with Crippen molar-refractivity contribution in [2.24, 2.45) is 11.7 Å². The molecule has 5 nitrogen and oxygen atoms in total. The number of hydrogen-bond acceptors (Lipinski definition) is 4. The van der Waals surface area contributed by atoms with E-state index in [1.165, 1.54) is 0 Å². The predicted octanol–water partition coefficient (Wildman–Crippen LogP) is 1.59. The summed E-state index contributed by atoms with van der Waals surface area (Å²) in [5.74, 6) is 0.154. The van der Waals surface area contributed by atoms with Crippen LogP contribution in [0.3, 0.4) is 0 Å². The third-order valence-electron chi connectivity index (χ3n) is 4.36. The van der Waals surface area contributed by atoms with Crippen LogP contribution < -0.4 is 16.0 Å². The lowest BCUT2D eigenvalue weighted by Crippen LogP contribution is -2.37. The first kappa shape index (κ1) is 14.4. The Hall–Kier alpha value is -1.59. The second-order valence-corrected chi connectivity index (χ2v) is 5.88. The van der Waals surface area contributed by atoms with Gasteiger partial charge in [0.05, 0.1) is 24.6 Å². The van der Waals surface area contributed by atoms with Crippen LogP contribution in [0.25, 0.3) is 0 Å². The van der Waals surface area contributed by atoms with E-state index >= 15 is 0 Å². The van der Waals surface area contributed by atoms with E-state index in [0.717, 1.165) is 56.9 Å². The zero-order valence-corrected chi connectivity index (χ0v) is 12.3. The van der Waals surface area contributed by atoms with Gasteiger partial charge in [-0.2, -0.15) is 0 Å². The van der Waals surface area contributed by atoms with E-state index in [1.54, 1.807) is 0 Å². The Kier molecular flexibility index (Phi) is 4.41. The number of carbonyl (C=O) groups excluding carboxylic acids is 1. The number of anilines is 2. The maximum Gasteiger partial charge on any atom is 0.227 e. The molecule has 0 aromatic heterocycles. The van der Waals surface area contributed by atoms with Crippen LogP contribution in [0.15, 0.2) is 24.3 Å². The van der Waals surface area contributed by atoms with Crippen molar-refractivity contribution < 1.29 is 9.53 Å². The van der Waals surface area contributed by atoms with E-state index in [4.69, 9.17) is 10.5 Å². The number of nitrogens with zero attached hydrogens (tertiary/aromatic N) is 1. The molecule has 1 aromatic carbocycles. The highest BCUT2D eigenvalue weighted by Crippen LogP contribution is 2.29. The van der Waals surface area contributed by atoms with Gasteiger partial charge in [0.2, 0.25) is 5.91 Å². The topological polar surface area (TPSA) is 67.6 Å². The first-order valence-corrected chi connectivity index (χ1v) is 7.72. The van der Waals surface area contributed by atoms with Gasteiger partial charge in [-0.05, 0) is 31.4 Å². The highest BCUT2D eigenvalue weighted by atomic mass is 16.5. The van der Waals surface area contributed by atoms with Gasteiger partial charge in [-0.15, -0.1) is 0 Å². The molecule has 2 fully saturated rings. The number of amides is 1. The van der Waals surface area contributed by atoms with E-state index in [0.29, 0.717) is 0 Å². The monoisotopic (exact) mass is 289 g/mol. The molecule has 0 spiro atoms. The molecule has 1 aliphatic carbocycles. The van der Waals surface area contributed by atoms with Gasteiger partial charge in [0.25, 0.3) is 0 Å². The van der Waals surface area contributed by atoms with Gasteiger partial charge < -0.3 is 20.7 Å². The molecule has 0 bridgehead atoms. The fraction of sp³-hybridized carbons (Fsp3) is 0.562. The van der Waals surface area contributed by atoms with Crippen molar-refractivity contribution in [3.05, 3.63) is 24.3 Å². The molecule has 1 amide bonds. The molecule has 1 aromatic rings. The molecule has 3 N–H and O–H groups in total. The SMILES string of the molecule is NC1CCC(C(=O)Nc2ccccc2N2CCOCC2)C1. The van der Waals surface area contributed by atoms with Crippen LogP contribution in [0.4, 0.5) is 11.4 Å². The molecule has 1 saturated carbocycles. The summed E-state index contributed by atoms with van der Waals surface area (Å²) < 4.78 is 5.39. The smallest absolute Gasteiger partial charge is 0.227 e. The van der Waals surface area contributed by atoms with Crippen molar-refractivity contribution in [1.82, 2.24) is 0 Å². The van der Waals surface area contributed by atoms with E-state index in [9.17, 15) is 4.79 Å². The molecular formula is C16H23N3O2. The quantitative estimate of drug-likeness (QED) is 0.886. The number of carbonyl (C=O) groups is 1. The minimum atomic E-state index is 0.0535. The minimum Gasteiger partial charge on any atom is -0.378 e. The van der Waals surface area contributed by atoms with E-state index in [1.807, 2.05) is 18.2 Å². The number of benzene rings is 1. The molecule has 1 saturated heterocycles. The summed E-state index contributed by atoms with van der Waals surface area (Å²) in [5.41, 5.74) is 7.87. The fourth-order valence-corrected chi connectivity index (χ4v) is 3.15. The zero-order valence-electron chi connectivity index (χ0n) is 12.3. The molecule has 5 heteroatoms. The maximum absolute atomic E-state index is 12.4. The number of para-hydroxylation sites is 2. The Morgan fingerprint density at radius 1 is 1.24 bits per heavy atom. The summed E-state index contributed by atoms with van der Waals surface area (Å²) in [7, 11) is 0. The molecule has 2 unspecified atom stereocenters. The first-order valence-electron chi connectivity index (χ1n) is 7.72. The molecule has 0 radical (unpaired) electrons. The molecular weight excluding hydrogens is 266 g/mol. The first-order chi connectivity index (χ1) is 10.2. The van der Waals surface area contributed by atoms with Crippen molar-refractivity contribution in [3.63, 3.8) is 0 Å². The Bertz CT molecular complexity index is 500. The Balaban J connectivity index is 1.71. The molecule has 3 rings (SSSR count). The number of hydrogen-bond donors (Lipinski definition) is 2. The van der Waals surface area contributed by atoms with Crippen LogP contribution in [0.2, 0.25) is 0 Å². The highest BCUT2D eigenvalue weighted by Gasteiger charge is 2.28. The van der Waals surface area contributed by atoms with Gasteiger partial charge in [0, 0.05) is 25.0 Å². The average Bonchev–Trinajstić information content (AvgIpc) is 2.95. The Morgan fingerprint density at radius 3 is 2.71 bits per heavy atom. The van der Waals surface area contributed by atoms with Crippen molar-refractivity contribution in [1.29, 1.82) is 0 Å². The van der Waals surface area contributed by atoms with E-state index in [2.05, 4.69) is 16.3 Å². The third kappa shape index (κ3) is 3.36. The maximum atomic E-state index is 12.4. The lowest BCUT2D eigenvalue weighted by molar-refractivity contribution is -0.119. The largest absolute Gasteiger partial charge is 0.378 e. The van der Waals surface area contributed by atoms with Crippen molar-refractivity contribution in [2.45, 2.75) is 25.3 Å². The Morgan fingerprint density at radius 2 is 2.00 bits per heavy atom. The van der Waals surface area contributed by atoms with E-state index in [-0.39, 0.29) is 17.9 Å². The molecule has 2 atom stereocenters.